The van der Waals surface area contributed by atoms with E-state index in [-0.39, 0.29) is 0 Å². The van der Waals surface area contributed by atoms with Crippen LogP contribution in [0.25, 0.3) is 10.9 Å². The van der Waals surface area contributed by atoms with Gasteiger partial charge in [-0.1, -0.05) is 30.0 Å². The highest BCUT2D eigenvalue weighted by atomic mass is 32.2. The lowest BCUT2D eigenvalue weighted by molar-refractivity contribution is 0.0702. The molecule has 0 fully saturated rings. The second-order valence-corrected chi connectivity index (χ2v) is 5.91. The zero-order valence-corrected chi connectivity index (χ0v) is 11.4. The summed E-state index contributed by atoms with van der Waals surface area (Å²) >= 11 is 2.81. The fourth-order valence-electron chi connectivity index (χ4n) is 1.77. The molecule has 19 heavy (non-hydrogen) atoms. The summed E-state index contributed by atoms with van der Waals surface area (Å²) < 4.78 is 0. The van der Waals surface area contributed by atoms with Gasteiger partial charge in [-0.3, -0.25) is 4.98 Å². The van der Waals surface area contributed by atoms with Crippen molar-refractivity contribution in [1.82, 2.24) is 4.98 Å². The fourth-order valence-corrected chi connectivity index (χ4v) is 3.63. The van der Waals surface area contributed by atoms with Gasteiger partial charge in [-0.25, -0.2) is 4.79 Å². The van der Waals surface area contributed by atoms with Crippen molar-refractivity contribution in [3.05, 3.63) is 52.9 Å². The van der Waals surface area contributed by atoms with Crippen molar-refractivity contribution in [2.45, 2.75) is 9.79 Å². The lowest BCUT2D eigenvalue weighted by Crippen LogP contribution is -1.89. The SMILES string of the molecule is O=C(O)c1cc(Sc2ccnc3ccccc23)cs1. The van der Waals surface area contributed by atoms with Crippen molar-refractivity contribution >= 4 is 40.0 Å². The monoisotopic (exact) mass is 287 g/mol. The Morgan fingerprint density at radius 3 is 2.89 bits per heavy atom. The van der Waals surface area contributed by atoms with Crippen LogP contribution < -0.4 is 0 Å². The number of fused-ring (bicyclic) bond motifs is 1. The van der Waals surface area contributed by atoms with Crippen molar-refractivity contribution in [2.75, 3.05) is 0 Å². The number of hydrogen-bond acceptors (Lipinski definition) is 4. The molecule has 1 N–H and O–H groups in total. The molecule has 0 amide bonds. The van der Waals surface area contributed by atoms with Crippen LogP contribution in [0.3, 0.4) is 0 Å². The number of para-hydroxylation sites is 1. The average molecular weight is 287 g/mol. The van der Waals surface area contributed by atoms with E-state index in [1.807, 2.05) is 35.7 Å². The lowest BCUT2D eigenvalue weighted by Gasteiger charge is -2.03. The summed E-state index contributed by atoms with van der Waals surface area (Å²) in [5.41, 5.74) is 0.946. The largest absolute Gasteiger partial charge is 0.477 e. The van der Waals surface area contributed by atoms with E-state index in [0.717, 1.165) is 20.7 Å². The predicted octanol–water partition coefficient (Wildman–Crippen LogP) is 4.15. The van der Waals surface area contributed by atoms with Crippen LogP contribution in [0.15, 0.2) is 57.8 Å². The molecule has 3 rings (SSSR count). The Bertz CT molecular complexity index is 747. The summed E-state index contributed by atoms with van der Waals surface area (Å²) in [5.74, 6) is -0.878. The fraction of sp³-hybridized carbons (Fsp3) is 0. The topological polar surface area (TPSA) is 50.2 Å². The molecule has 94 valence electrons. The zero-order chi connectivity index (χ0) is 13.2. The number of benzene rings is 1. The van der Waals surface area contributed by atoms with E-state index in [0.29, 0.717) is 4.88 Å². The molecule has 0 saturated carbocycles. The molecular weight excluding hydrogens is 278 g/mol. The summed E-state index contributed by atoms with van der Waals surface area (Å²) in [6.07, 6.45) is 1.77. The Balaban J connectivity index is 1.98. The van der Waals surface area contributed by atoms with E-state index in [1.54, 1.807) is 24.0 Å². The maximum atomic E-state index is 10.9. The number of hydrogen-bond donors (Lipinski definition) is 1. The Morgan fingerprint density at radius 1 is 1.26 bits per heavy atom. The third-order valence-electron chi connectivity index (χ3n) is 2.62. The van der Waals surface area contributed by atoms with E-state index < -0.39 is 5.97 Å². The van der Waals surface area contributed by atoms with Gasteiger partial charge in [0, 0.05) is 26.8 Å². The van der Waals surface area contributed by atoms with Gasteiger partial charge in [-0.05, 0) is 18.2 Å². The Kier molecular flexibility index (Phi) is 3.23. The molecule has 0 unspecified atom stereocenters. The zero-order valence-electron chi connectivity index (χ0n) is 9.74. The van der Waals surface area contributed by atoms with E-state index in [1.165, 1.54) is 11.3 Å². The van der Waals surface area contributed by atoms with Gasteiger partial charge in [0.25, 0.3) is 0 Å². The number of thiophene rings is 1. The number of carbonyl (C=O) groups is 1. The first-order chi connectivity index (χ1) is 9.24. The van der Waals surface area contributed by atoms with Crippen molar-refractivity contribution < 1.29 is 9.90 Å². The molecule has 3 aromatic rings. The molecule has 0 saturated heterocycles. The van der Waals surface area contributed by atoms with E-state index in [4.69, 9.17) is 5.11 Å². The van der Waals surface area contributed by atoms with E-state index in [9.17, 15) is 4.79 Å². The van der Waals surface area contributed by atoms with Crippen LogP contribution in [0.1, 0.15) is 9.67 Å². The number of carboxylic acids is 1. The molecule has 1 aromatic carbocycles. The van der Waals surface area contributed by atoms with Crippen LogP contribution in [-0.4, -0.2) is 16.1 Å². The van der Waals surface area contributed by atoms with E-state index >= 15 is 0 Å². The summed E-state index contributed by atoms with van der Waals surface area (Å²) in [6, 6.07) is 11.6. The molecule has 0 aliphatic rings. The summed E-state index contributed by atoms with van der Waals surface area (Å²) in [5, 5.41) is 11.9. The van der Waals surface area contributed by atoms with Crippen LogP contribution in [0.4, 0.5) is 0 Å². The van der Waals surface area contributed by atoms with Crippen LogP contribution in [-0.2, 0) is 0 Å². The Morgan fingerprint density at radius 2 is 2.11 bits per heavy atom. The van der Waals surface area contributed by atoms with Crippen LogP contribution in [0.2, 0.25) is 0 Å². The van der Waals surface area contributed by atoms with Gasteiger partial charge in [-0.15, -0.1) is 11.3 Å². The summed E-state index contributed by atoms with van der Waals surface area (Å²) in [6.45, 7) is 0. The van der Waals surface area contributed by atoms with E-state index in [2.05, 4.69) is 4.98 Å². The van der Waals surface area contributed by atoms with Crippen LogP contribution in [0, 0.1) is 0 Å². The van der Waals surface area contributed by atoms with Crippen LogP contribution in [0.5, 0.6) is 0 Å². The normalized spacial score (nSPS) is 10.7. The number of aromatic carboxylic acids is 1. The lowest BCUT2D eigenvalue weighted by atomic mass is 10.2. The van der Waals surface area contributed by atoms with Gasteiger partial charge in [0.2, 0.25) is 0 Å². The molecule has 0 aliphatic carbocycles. The molecule has 2 heterocycles. The maximum absolute atomic E-state index is 10.9. The van der Waals surface area contributed by atoms with Gasteiger partial charge in [0.15, 0.2) is 0 Å². The highest BCUT2D eigenvalue weighted by molar-refractivity contribution is 7.99. The second-order valence-electron chi connectivity index (χ2n) is 3.88. The third-order valence-corrected chi connectivity index (χ3v) is 4.74. The molecule has 0 spiro atoms. The molecule has 2 aromatic heterocycles. The standard InChI is InChI=1S/C14H9NO2S2/c16-14(17)13-7-9(8-18-13)19-12-5-6-15-11-4-2-1-3-10(11)12/h1-8H,(H,16,17). The average Bonchev–Trinajstić information content (AvgIpc) is 2.88. The molecule has 5 heteroatoms. The van der Waals surface area contributed by atoms with Gasteiger partial charge in [-0.2, -0.15) is 0 Å². The number of nitrogens with zero attached hydrogens (tertiary/aromatic N) is 1. The molecule has 0 atom stereocenters. The van der Waals surface area contributed by atoms with Gasteiger partial charge in [0.05, 0.1) is 5.52 Å². The number of rotatable bonds is 3. The molecule has 0 bridgehead atoms. The molecule has 0 radical (unpaired) electrons. The highest BCUT2D eigenvalue weighted by Crippen LogP contribution is 2.34. The van der Waals surface area contributed by atoms with Gasteiger partial charge >= 0.3 is 5.97 Å². The smallest absolute Gasteiger partial charge is 0.345 e. The Labute approximate surface area is 117 Å². The minimum Gasteiger partial charge on any atom is -0.477 e. The predicted molar refractivity (Wildman–Crippen MR) is 77.1 cm³/mol. The number of pyridine rings is 1. The summed E-state index contributed by atoms with van der Waals surface area (Å²) in [7, 11) is 0. The van der Waals surface area contributed by atoms with Crippen molar-refractivity contribution in [3.8, 4) is 0 Å². The molecule has 0 aliphatic heterocycles. The quantitative estimate of drug-likeness (QED) is 0.786. The molecular formula is C14H9NO2S2. The first-order valence-electron chi connectivity index (χ1n) is 5.57. The molecule has 3 nitrogen and oxygen atoms in total. The van der Waals surface area contributed by atoms with Gasteiger partial charge < -0.3 is 5.11 Å². The number of aromatic nitrogens is 1. The van der Waals surface area contributed by atoms with Crippen molar-refractivity contribution in [3.63, 3.8) is 0 Å². The highest BCUT2D eigenvalue weighted by Gasteiger charge is 2.09. The summed E-state index contributed by atoms with van der Waals surface area (Å²) in [4.78, 5) is 17.6. The second kappa shape index (κ2) is 5.03. The Hall–Kier alpha value is -1.85. The van der Waals surface area contributed by atoms with Crippen LogP contribution >= 0.6 is 23.1 Å². The maximum Gasteiger partial charge on any atom is 0.345 e. The first kappa shape index (κ1) is 12.2. The van der Waals surface area contributed by atoms with Crippen molar-refractivity contribution in [2.24, 2.45) is 0 Å². The van der Waals surface area contributed by atoms with Crippen molar-refractivity contribution in [1.29, 1.82) is 0 Å². The third kappa shape index (κ3) is 2.47. The van der Waals surface area contributed by atoms with Gasteiger partial charge in [0.1, 0.15) is 4.88 Å². The number of carboxylic acid groups (broad SMARTS) is 1. The first-order valence-corrected chi connectivity index (χ1v) is 7.27. The minimum atomic E-state index is -0.878. The minimum absolute atomic E-state index is 0.362.